The van der Waals surface area contributed by atoms with Crippen molar-refractivity contribution in [1.29, 1.82) is 0 Å². The Morgan fingerprint density at radius 3 is 2.79 bits per heavy atom. The van der Waals surface area contributed by atoms with Crippen molar-refractivity contribution < 1.29 is 13.2 Å². The standard InChI is InChI=1S/C12H16F3N3S/c1-19-10-4-2-3-8(10)18-9-5-11(12(13,14)15)17-6-7(9)16/h5-6,8,10H,2-4,16H2,1H3,(H,17,18). The highest BCUT2D eigenvalue weighted by Gasteiger charge is 2.33. The molecule has 0 radical (unpaired) electrons. The second-order valence-electron chi connectivity index (χ2n) is 4.61. The number of aromatic nitrogens is 1. The number of hydrogen-bond donors (Lipinski definition) is 2. The van der Waals surface area contributed by atoms with E-state index in [1.165, 1.54) is 0 Å². The molecule has 1 aromatic heterocycles. The Hall–Kier alpha value is -1.11. The van der Waals surface area contributed by atoms with Crippen molar-refractivity contribution in [3.05, 3.63) is 18.0 Å². The highest BCUT2D eigenvalue weighted by molar-refractivity contribution is 7.99. The lowest BCUT2D eigenvalue weighted by Crippen LogP contribution is -2.26. The maximum Gasteiger partial charge on any atom is 0.433 e. The van der Waals surface area contributed by atoms with Crippen molar-refractivity contribution in [2.45, 2.75) is 36.7 Å². The third kappa shape index (κ3) is 3.26. The summed E-state index contributed by atoms with van der Waals surface area (Å²) in [4.78, 5) is 3.33. The summed E-state index contributed by atoms with van der Waals surface area (Å²) in [6.45, 7) is 0. The van der Waals surface area contributed by atoms with Gasteiger partial charge in [-0.15, -0.1) is 0 Å². The normalized spacial score (nSPS) is 23.6. The minimum absolute atomic E-state index is 0.167. The van der Waals surface area contributed by atoms with E-state index in [2.05, 4.69) is 10.3 Å². The van der Waals surface area contributed by atoms with Crippen LogP contribution in [0.4, 0.5) is 24.5 Å². The van der Waals surface area contributed by atoms with Crippen molar-refractivity contribution in [2.24, 2.45) is 0 Å². The van der Waals surface area contributed by atoms with Gasteiger partial charge in [-0.3, -0.25) is 0 Å². The van der Waals surface area contributed by atoms with Crippen LogP contribution in [0.25, 0.3) is 0 Å². The van der Waals surface area contributed by atoms with Gasteiger partial charge in [0.2, 0.25) is 0 Å². The van der Waals surface area contributed by atoms with E-state index in [9.17, 15) is 13.2 Å². The second-order valence-corrected chi connectivity index (χ2v) is 5.69. The van der Waals surface area contributed by atoms with Crippen LogP contribution in [-0.4, -0.2) is 22.5 Å². The largest absolute Gasteiger partial charge is 0.433 e. The maximum absolute atomic E-state index is 12.6. The molecule has 0 spiro atoms. The van der Waals surface area contributed by atoms with E-state index in [0.717, 1.165) is 31.5 Å². The van der Waals surface area contributed by atoms with E-state index in [-0.39, 0.29) is 11.7 Å². The molecule has 3 nitrogen and oxygen atoms in total. The monoisotopic (exact) mass is 291 g/mol. The van der Waals surface area contributed by atoms with Crippen molar-refractivity contribution in [3.8, 4) is 0 Å². The first-order valence-corrected chi connectivity index (χ1v) is 7.32. The zero-order chi connectivity index (χ0) is 14.0. The predicted molar refractivity (Wildman–Crippen MR) is 72.2 cm³/mol. The van der Waals surface area contributed by atoms with Crippen LogP contribution >= 0.6 is 11.8 Å². The fourth-order valence-corrected chi connectivity index (χ4v) is 3.25. The number of halogens is 3. The number of nitrogen functional groups attached to an aromatic ring is 1. The Morgan fingerprint density at radius 2 is 2.16 bits per heavy atom. The van der Waals surface area contributed by atoms with E-state index in [4.69, 9.17) is 5.73 Å². The molecule has 0 bridgehead atoms. The molecular weight excluding hydrogens is 275 g/mol. The van der Waals surface area contributed by atoms with Crippen LogP contribution in [0.3, 0.4) is 0 Å². The van der Waals surface area contributed by atoms with Crippen LogP contribution in [0, 0.1) is 0 Å². The summed E-state index contributed by atoms with van der Waals surface area (Å²) >= 11 is 1.73. The lowest BCUT2D eigenvalue weighted by atomic mass is 10.2. The Balaban J connectivity index is 2.20. The SMILES string of the molecule is CSC1CCCC1Nc1cc(C(F)(F)F)ncc1N. The topological polar surface area (TPSA) is 50.9 Å². The summed E-state index contributed by atoms with van der Waals surface area (Å²) in [7, 11) is 0. The molecule has 7 heteroatoms. The number of nitrogens with zero attached hydrogens (tertiary/aromatic N) is 1. The molecule has 106 valence electrons. The van der Waals surface area contributed by atoms with Gasteiger partial charge in [0, 0.05) is 11.3 Å². The van der Waals surface area contributed by atoms with Gasteiger partial charge in [0.1, 0.15) is 5.69 Å². The van der Waals surface area contributed by atoms with E-state index in [0.29, 0.717) is 10.9 Å². The molecule has 2 rings (SSSR count). The molecule has 0 saturated heterocycles. The summed E-state index contributed by atoms with van der Waals surface area (Å²) in [6, 6.07) is 1.16. The summed E-state index contributed by atoms with van der Waals surface area (Å²) in [5, 5.41) is 3.56. The minimum Gasteiger partial charge on any atom is -0.396 e. The zero-order valence-corrected chi connectivity index (χ0v) is 11.3. The average Bonchev–Trinajstić information content (AvgIpc) is 2.77. The van der Waals surface area contributed by atoms with E-state index >= 15 is 0 Å². The molecule has 1 aliphatic rings. The number of anilines is 2. The Bertz CT molecular complexity index is 450. The quantitative estimate of drug-likeness (QED) is 0.896. The van der Waals surface area contributed by atoms with Gasteiger partial charge in [0.25, 0.3) is 0 Å². The van der Waals surface area contributed by atoms with Crippen LogP contribution in [0.15, 0.2) is 12.3 Å². The van der Waals surface area contributed by atoms with Crippen LogP contribution in [-0.2, 0) is 6.18 Å². The third-order valence-corrected chi connectivity index (χ3v) is 4.49. The number of hydrogen-bond acceptors (Lipinski definition) is 4. The van der Waals surface area contributed by atoms with Gasteiger partial charge >= 0.3 is 6.18 Å². The molecule has 1 fully saturated rings. The lowest BCUT2D eigenvalue weighted by Gasteiger charge is -2.22. The number of rotatable bonds is 3. The number of pyridine rings is 1. The molecule has 0 amide bonds. The van der Waals surface area contributed by atoms with Gasteiger partial charge in [-0.25, -0.2) is 4.98 Å². The Labute approximate surface area is 114 Å². The predicted octanol–water partition coefficient (Wildman–Crippen LogP) is 3.38. The van der Waals surface area contributed by atoms with Crippen LogP contribution in [0.2, 0.25) is 0 Å². The van der Waals surface area contributed by atoms with Crippen LogP contribution < -0.4 is 11.1 Å². The molecular formula is C12H16F3N3S. The van der Waals surface area contributed by atoms with E-state index in [1.54, 1.807) is 11.8 Å². The summed E-state index contributed by atoms with van der Waals surface area (Å²) in [5.41, 5.74) is 5.36. The van der Waals surface area contributed by atoms with Crippen LogP contribution in [0.5, 0.6) is 0 Å². The molecule has 1 heterocycles. The summed E-state index contributed by atoms with van der Waals surface area (Å²) in [6.07, 6.45) is 1.75. The summed E-state index contributed by atoms with van der Waals surface area (Å²) in [5.74, 6) is 0. The fraction of sp³-hybridized carbons (Fsp3) is 0.583. The molecule has 3 N–H and O–H groups in total. The molecule has 2 unspecified atom stereocenters. The number of thioether (sulfide) groups is 1. The van der Waals surface area contributed by atoms with Crippen molar-refractivity contribution in [2.75, 3.05) is 17.3 Å². The number of alkyl halides is 3. The second kappa shape index (κ2) is 5.48. The van der Waals surface area contributed by atoms with Gasteiger partial charge in [0.05, 0.1) is 17.6 Å². The zero-order valence-electron chi connectivity index (χ0n) is 10.5. The first-order valence-electron chi connectivity index (χ1n) is 6.04. The summed E-state index contributed by atoms with van der Waals surface area (Å²) < 4.78 is 37.9. The smallest absolute Gasteiger partial charge is 0.396 e. The first kappa shape index (κ1) is 14.3. The highest BCUT2D eigenvalue weighted by atomic mass is 32.2. The van der Waals surface area contributed by atoms with E-state index in [1.807, 2.05) is 6.26 Å². The Morgan fingerprint density at radius 1 is 1.42 bits per heavy atom. The maximum atomic E-state index is 12.6. The van der Waals surface area contributed by atoms with Crippen molar-refractivity contribution in [3.63, 3.8) is 0 Å². The Kier molecular flexibility index (Phi) is 4.13. The minimum atomic E-state index is -4.45. The fourth-order valence-electron chi connectivity index (χ4n) is 2.32. The molecule has 2 atom stereocenters. The molecule has 0 aliphatic heterocycles. The number of nitrogens with one attached hydrogen (secondary N) is 1. The molecule has 1 aromatic rings. The van der Waals surface area contributed by atoms with Crippen molar-refractivity contribution in [1.82, 2.24) is 4.98 Å². The first-order chi connectivity index (χ1) is 8.91. The highest BCUT2D eigenvalue weighted by Crippen LogP contribution is 2.34. The third-order valence-electron chi connectivity index (χ3n) is 3.32. The average molecular weight is 291 g/mol. The molecule has 0 aromatic carbocycles. The van der Waals surface area contributed by atoms with Gasteiger partial charge < -0.3 is 11.1 Å². The van der Waals surface area contributed by atoms with Crippen molar-refractivity contribution >= 4 is 23.1 Å². The molecule has 1 saturated carbocycles. The molecule has 1 aliphatic carbocycles. The number of nitrogens with two attached hydrogens (primary N) is 1. The molecule has 19 heavy (non-hydrogen) atoms. The van der Waals surface area contributed by atoms with E-state index < -0.39 is 11.9 Å². The van der Waals surface area contributed by atoms with Gasteiger partial charge in [0.15, 0.2) is 0 Å². The van der Waals surface area contributed by atoms with Gasteiger partial charge in [-0.2, -0.15) is 24.9 Å². The van der Waals surface area contributed by atoms with Crippen LogP contribution in [0.1, 0.15) is 25.0 Å². The van der Waals surface area contributed by atoms with Gasteiger partial charge in [-0.1, -0.05) is 6.42 Å². The van der Waals surface area contributed by atoms with Gasteiger partial charge in [-0.05, 0) is 25.2 Å². The lowest BCUT2D eigenvalue weighted by molar-refractivity contribution is -0.141.